The summed E-state index contributed by atoms with van der Waals surface area (Å²) in [6, 6.07) is 10.4. The summed E-state index contributed by atoms with van der Waals surface area (Å²) in [7, 11) is 0. The molecule has 21 heavy (non-hydrogen) atoms. The molecule has 1 amide bonds. The monoisotopic (exact) mass is 306 g/mol. The van der Waals surface area contributed by atoms with E-state index in [-0.39, 0.29) is 17.0 Å². The molecule has 3 nitrogen and oxygen atoms in total. The van der Waals surface area contributed by atoms with Crippen LogP contribution < -0.4 is 11.1 Å². The van der Waals surface area contributed by atoms with E-state index >= 15 is 0 Å². The lowest BCUT2D eigenvalue weighted by molar-refractivity contribution is -0.115. The van der Waals surface area contributed by atoms with Gasteiger partial charge < -0.3 is 11.1 Å². The SMILES string of the molecule is NC(=S)c1cccc(NC(=O)Cc2cccc(F)c2F)c1. The molecule has 0 aromatic heterocycles. The third kappa shape index (κ3) is 3.82. The largest absolute Gasteiger partial charge is 0.389 e. The fourth-order valence-corrected chi connectivity index (χ4v) is 1.94. The van der Waals surface area contributed by atoms with Gasteiger partial charge in [-0.1, -0.05) is 36.5 Å². The molecule has 0 fully saturated rings. The minimum atomic E-state index is -1.01. The zero-order valence-corrected chi connectivity index (χ0v) is 11.7. The van der Waals surface area contributed by atoms with Gasteiger partial charge in [-0.3, -0.25) is 4.79 Å². The molecule has 108 valence electrons. The molecule has 0 radical (unpaired) electrons. The Morgan fingerprint density at radius 2 is 1.90 bits per heavy atom. The lowest BCUT2D eigenvalue weighted by Gasteiger charge is -2.08. The zero-order chi connectivity index (χ0) is 15.4. The van der Waals surface area contributed by atoms with Gasteiger partial charge in [0.05, 0.1) is 6.42 Å². The van der Waals surface area contributed by atoms with Crippen LogP contribution >= 0.6 is 12.2 Å². The van der Waals surface area contributed by atoms with Crippen molar-refractivity contribution in [2.45, 2.75) is 6.42 Å². The van der Waals surface area contributed by atoms with E-state index in [0.29, 0.717) is 11.3 Å². The molecule has 2 aromatic rings. The van der Waals surface area contributed by atoms with Crippen molar-refractivity contribution in [1.29, 1.82) is 0 Å². The van der Waals surface area contributed by atoms with Crippen LogP contribution in [-0.2, 0) is 11.2 Å². The van der Waals surface area contributed by atoms with Crippen molar-refractivity contribution < 1.29 is 13.6 Å². The maximum Gasteiger partial charge on any atom is 0.228 e. The number of hydrogen-bond donors (Lipinski definition) is 2. The molecular formula is C15H12F2N2OS. The molecule has 0 heterocycles. The van der Waals surface area contributed by atoms with E-state index in [1.165, 1.54) is 12.1 Å². The summed E-state index contributed by atoms with van der Waals surface area (Å²) in [4.78, 5) is 12.1. The standard InChI is InChI=1S/C15H12F2N2OS/c16-12-6-2-3-9(14(12)17)8-13(20)19-11-5-1-4-10(7-11)15(18)21/h1-7H,8H2,(H2,18,21)(H,19,20). The van der Waals surface area contributed by atoms with Crippen LogP contribution in [-0.4, -0.2) is 10.9 Å². The molecule has 0 bridgehead atoms. The first kappa shape index (κ1) is 15.1. The number of halogens is 2. The second-order valence-electron chi connectivity index (χ2n) is 4.38. The second-order valence-corrected chi connectivity index (χ2v) is 4.82. The van der Waals surface area contributed by atoms with Gasteiger partial charge in [0.1, 0.15) is 4.99 Å². The topological polar surface area (TPSA) is 55.1 Å². The van der Waals surface area contributed by atoms with Crippen LogP contribution in [0, 0.1) is 11.6 Å². The minimum absolute atomic E-state index is 0.00185. The van der Waals surface area contributed by atoms with Crippen molar-refractivity contribution in [2.24, 2.45) is 5.73 Å². The highest BCUT2D eigenvalue weighted by molar-refractivity contribution is 7.80. The Labute approximate surface area is 125 Å². The van der Waals surface area contributed by atoms with E-state index in [1.807, 2.05) is 0 Å². The summed E-state index contributed by atoms with van der Waals surface area (Å²) in [5, 5.41) is 2.59. The highest BCUT2D eigenvalue weighted by Crippen LogP contribution is 2.14. The third-order valence-corrected chi connectivity index (χ3v) is 3.05. The molecule has 0 saturated heterocycles. The molecule has 3 N–H and O–H groups in total. The van der Waals surface area contributed by atoms with Crippen molar-refractivity contribution in [3.8, 4) is 0 Å². The Kier molecular flexibility index (Phi) is 4.59. The maximum atomic E-state index is 13.5. The molecule has 0 aliphatic carbocycles. The molecule has 0 aliphatic rings. The Bertz CT molecular complexity index is 704. The van der Waals surface area contributed by atoms with Crippen LogP contribution in [0.1, 0.15) is 11.1 Å². The van der Waals surface area contributed by atoms with Gasteiger partial charge in [-0.2, -0.15) is 0 Å². The second kappa shape index (κ2) is 6.41. The number of hydrogen-bond acceptors (Lipinski definition) is 2. The summed E-state index contributed by atoms with van der Waals surface area (Å²) in [6.07, 6.45) is -0.263. The van der Waals surface area contributed by atoms with Crippen LogP contribution in [0.4, 0.5) is 14.5 Å². The predicted octanol–water partition coefficient (Wildman–Crippen LogP) is 2.78. The number of nitrogens with two attached hydrogens (primary N) is 1. The van der Waals surface area contributed by atoms with E-state index in [2.05, 4.69) is 5.32 Å². The van der Waals surface area contributed by atoms with E-state index in [9.17, 15) is 13.6 Å². The van der Waals surface area contributed by atoms with E-state index in [4.69, 9.17) is 18.0 Å². The molecular weight excluding hydrogens is 294 g/mol. The van der Waals surface area contributed by atoms with Gasteiger partial charge in [-0.05, 0) is 18.2 Å². The van der Waals surface area contributed by atoms with E-state index in [1.54, 1.807) is 24.3 Å². The molecule has 0 atom stereocenters. The zero-order valence-electron chi connectivity index (χ0n) is 10.9. The smallest absolute Gasteiger partial charge is 0.228 e. The fourth-order valence-electron chi connectivity index (χ4n) is 1.81. The van der Waals surface area contributed by atoms with Gasteiger partial charge in [-0.15, -0.1) is 0 Å². The Morgan fingerprint density at radius 1 is 1.19 bits per heavy atom. The molecule has 0 unspecified atom stereocenters. The van der Waals surface area contributed by atoms with Gasteiger partial charge in [-0.25, -0.2) is 8.78 Å². The number of carbonyl (C=O) groups excluding carboxylic acids is 1. The summed E-state index contributed by atoms with van der Waals surface area (Å²) in [5.74, 6) is -2.44. The number of rotatable bonds is 4. The molecule has 6 heteroatoms. The van der Waals surface area contributed by atoms with Gasteiger partial charge in [0, 0.05) is 16.8 Å². The molecule has 0 aliphatic heterocycles. The Hall–Kier alpha value is -2.34. The van der Waals surface area contributed by atoms with Crippen molar-refractivity contribution >= 4 is 28.8 Å². The quantitative estimate of drug-likeness (QED) is 0.854. The number of carbonyl (C=O) groups is 1. The van der Waals surface area contributed by atoms with E-state index < -0.39 is 17.5 Å². The first-order valence-electron chi connectivity index (χ1n) is 6.10. The van der Waals surface area contributed by atoms with Gasteiger partial charge >= 0.3 is 0 Å². The van der Waals surface area contributed by atoms with Crippen LogP contribution in [0.2, 0.25) is 0 Å². The lowest BCUT2D eigenvalue weighted by Crippen LogP contribution is -2.16. The Morgan fingerprint density at radius 3 is 2.62 bits per heavy atom. The first-order chi connectivity index (χ1) is 9.97. The summed E-state index contributed by atoms with van der Waals surface area (Å²) in [6.45, 7) is 0. The van der Waals surface area contributed by atoms with Crippen molar-refractivity contribution in [2.75, 3.05) is 5.32 Å². The third-order valence-electron chi connectivity index (χ3n) is 2.81. The van der Waals surface area contributed by atoms with Crippen LogP contribution in [0.15, 0.2) is 42.5 Å². The first-order valence-corrected chi connectivity index (χ1v) is 6.51. The van der Waals surface area contributed by atoms with Crippen LogP contribution in [0.5, 0.6) is 0 Å². The van der Waals surface area contributed by atoms with Crippen LogP contribution in [0.3, 0.4) is 0 Å². The van der Waals surface area contributed by atoms with Gasteiger partial charge in [0.2, 0.25) is 5.91 Å². The molecule has 2 aromatic carbocycles. The Balaban J connectivity index is 2.10. The number of benzene rings is 2. The highest BCUT2D eigenvalue weighted by Gasteiger charge is 2.12. The molecule has 2 rings (SSSR count). The van der Waals surface area contributed by atoms with E-state index in [0.717, 1.165) is 6.07 Å². The maximum absolute atomic E-state index is 13.5. The normalized spacial score (nSPS) is 10.2. The van der Waals surface area contributed by atoms with Crippen molar-refractivity contribution in [1.82, 2.24) is 0 Å². The van der Waals surface area contributed by atoms with Gasteiger partial charge in [0.15, 0.2) is 11.6 Å². The number of anilines is 1. The lowest BCUT2D eigenvalue weighted by atomic mass is 10.1. The molecule has 0 spiro atoms. The number of amides is 1. The fraction of sp³-hybridized carbons (Fsp3) is 0.0667. The van der Waals surface area contributed by atoms with Crippen LogP contribution in [0.25, 0.3) is 0 Å². The number of thiocarbonyl (C=S) groups is 1. The summed E-state index contributed by atoms with van der Waals surface area (Å²) in [5.41, 5.74) is 6.60. The number of nitrogens with one attached hydrogen (secondary N) is 1. The average Bonchev–Trinajstić information content (AvgIpc) is 2.44. The minimum Gasteiger partial charge on any atom is -0.389 e. The predicted molar refractivity (Wildman–Crippen MR) is 81.0 cm³/mol. The van der Waals surface area contributed by atoms with Crippen molar-refractivity contribution in [3.63, 3.8) is 0 Å². The van der Waals surface area contributed by atoms with Gasteiger partial charge in [0.25, 0.3) is 0 Å². The highest BCUT2D eigenvalue weighted by atomic mass is 32.1. The average molecular weight is 306 g/mol. The van der Waals surface area contributed by atoms with Crippen molar-refractivity contribution in [3.05, 3.63) is 65.2 Å². The summed E-state index contributed by atoms with van der Waals surface area (Å²) < 4.78 is 26.5. The molecule has 0 saturated carbocycles. The summed E-state index contributed by atoms with van der Waals surface area (Å²) >= 11 is 4.85.